The average Bonchev–Trinajstić information content (AvgIpc) is 2.72. The van der Waals surface area contributed by atoms with Crippen molar-refractivity contribution < 1.29 is 14.3 Å². The average molecular weight is 384 g/mol. The predicted octanol–water partition coefficient (Wildman–Crippen LogP) is 6.44. The number of para-hydroxylation sites is 1. The summed E-state index contributed by atoms with van der Waals surface area (Å²) in [7, 11) is 0. The summed E-state index contributed by atoms with van der Waals surface area (Å²) in [6.45, 7) is 7.15. The van der Waals surface area contributed by atoms with Gasteiger partial charge in [0.1, 0.15) is 11.5 Å². The number of pyridine rings is 1. The van der Waals surface area contributed by atoms with Crippen LogP contribution in [0.2, 0.25) is 0 Å². The van der Waals surface area contributed by atoms with Crippen LogP contribution in [-0.4, -0.2) is 17.6 Å². The van der Waals surface area contributed by atoms with Crippen LogP contribution in [0, 0.1) is 5.92 Å². The summed E-state index contributed by atoms with van der Waals surface area (Å²) in [6, 6.07) is 9.52. The van der Waals surface area contributed by atoms with Crippen LogP contribution < -0.4 is 9.47 Å². The Morgan fingerprint density at radius 3 is 2.61 bits per heavy atom. The van der Waals surface area contributed by atoms with Crippen LogP contribution in [0.15, 0.2) is 42.7 Å². The number of nitrogens with zero attached hydrogens (tertiary/aromatic N) is 1. The van der Waals surface area contributed by atoms with Gasteiger partial charge in [-0.1, -0.05) is 64.7 Å². The fraction of sp³-hybridized carbons (Fsp3) is 0.500. The van der Waals surface area contributed by atoms with Crippen molar-refractivity contribution >= 4 is 5.97 Å². The standard InChI is InChI=1S/C24H33NO3/c1-4-6-7-10-17-27-23-18-25-16-15-21(23)20-11-8-9-12-22(20)28-24(26)14-13-19(3)5-2/h8-9,11-12,15-16,18-19H,4-7,10,13-14,17H2,1-3H3. The van der Waals surface area contributed by atoms with Crippen LogP contribution in [0.5, 0.6) is 11.5 Å². The highest BCUT2D eigenvalue weighted by atomic mass is 16.5. The van der Waals surface area contributed by atoms with E-state index in [2.05, 4.69) is 25.8 Å². The van der Waals surface area contributed by atoms with Gasteiger partial charge in [0, 0.05) is 23.7 Å². The molecule has 0 aliphatic rings. The van der Waals surface area contributed by atoms with E-state index >= 15 is 0 Å². The predicted molar refractivity (Wildman–Crippen MR) is 114 cm³/mol. The molecule has 1 heterocycles. The highest BCUT2D eigenvalue weighted by molar-refractivity contribution is 5.80. The van der Waals surface area contributed by atoms with E-state index in [9.17, 15) is 4.79 Å². The molecular weight excluding hydrogens is 350 g/mol. The summed E-state index contributed by atoms with van der Waals surface area (Å²) in [5.74, 6) is 1.63. The number of hydrogen-bond acceptors (Lipinski definition) is 4. The van der Waals surface area contributed by atoms with Gasteiger partial charge in [-0.05, 0) is 30.9 Å². The van der Waals surface area contributed by atoms with E-state index in [-0.39, 0.29) is 5.97 Å². The minimum atomic E-state index is -0.191. The highest BCUT2D eigenvalue weighted by Gasteiger charge is 2.15. The minimum Gasteiger partial charge on any atom is -0.491 e. The lowest BCUT2D eigenvalue weighted by Gasteiger charge is -2.14. The summed E-state index contributed by atoms with van der Waals surface area (Å²) < 4.78 is 11.7. The molecular formula is C24H33NO3. The van der Waals surface area contributed by atoms with Gasteiger partial charge in [0.25, 0.3) is 0 Å². The molecule has 1 aromatic carbocycles. The monoisotopic (exact) mass is 383 g/mol. The maximum atomic E-state index is 12.3. The van der Waals surface area contributed by atoms with E-state index in [0.29, 0.717) is 24.7 Å². The number of hydrogen-bond donors (Lipinski definition) is 0. The van der Waals surface area contributed by atoms with Crippen molar-refractivity contribution in [1.29, 1.82) is 0 Å². The Labute approximate surface area is 169 Å². The molecule has 0 N–H and O–H groups in total. The fourth-order valence-electron chi connectivity index (χ4n) is 2.95. The molecule has 2 aromatic rings. The van der Waals surface area contributed by atoms with Crippen molar-refractivity contribution in [2.45, 2.75) is 65.7 Å². The quantitative estimate of drug-likeness (QED) is 0.240. The number of rotatable bonds is 12. The maximum absolute atomic E-state index is 12.3. The molecule has 4 nitrogen and oxygen atoms in total. The van der Waals surface area contributed by atoms with Gasteiger partial charge in [-0.3, -0.25) is 9.78 Å². The summed E-state index contributed by atoms with van der Waals surface area (Å²) in [5.41, 5.74) is 1.75. The second-order valence-corrected chi connectivity index (χ2v) is 7.30. The molecule has 0 fully saturated rings. The lowest BCUT2D eigenvalue weighted by molar-refractivity contribution is -0.134. The van der Waals surface area contributed by atoms with E-state index in [4.69, 9.17) is 9.47 Å². The van der Waals surface area contributed by atoms with Crippen molar-refractivity contribution in [3.05, 3.63) is 42.7 Å². The zero-order valence-corrected chi connectivity index (χ0v) is 17.4. The van der Waals surface area contributed by atoms with Gasteiger partial charge in [-0.2, -0.15) is 0 Å². The van der Waals surface area contributed by atoms with Crippen LogP contribution in [0.1, 0.15) is 65.7 Å². The molecule has 0 bridgehead atoms. The molecule has 0 saturated heterocycles. The van der Waals surface area contributed by atoms with E-state index in [1.54, 1.807) is 12.4 Å². The Morgan fingerprint density at radius 2 is 1.82 bits per heavy atom. The lowest BCUT2D eigenvalue weighted by Crippen LogP contribution is -2.10. The van der Waals surface area contributed by atoms with Gasteiger partial charge in [0.05, 0.1) is 12.8 Å². The molecule has 0 radical (unpaired) electrons. The molecule has 0 aliphatic heterocycles. The highest BCUT2D eigenvalue weighted by Crippen LogP contribution is 2.36. The third kappa shape index (κ3) is 6.99. The smallest absolute Gasteiger partial charge is 0.311 e. The van der Waals surface area contributed by atoms with Crippen molar-refractivity contribution in [3.63, 3.8) is 0 Å². The molecule has 0 amide bonds. The molecule has 152 valence electrons. The fourth-order valence-corrected chi connectivity index (χ4v) is 2.95. The number of benzene rings is 1. The zero-order valence-electron chi connectivity index (χ0n) is 17.4. The first-order chi connectivity index (χ1) is 13.7. The second-order valence-electron chi connectivity index (χ2n) is 7.30. The van der Waals surface area contributed by atoms with Crippen LogP contribution >= 0.6 is 0 Å². The molecule has 0 saturated carbocycles. The SMILES string of the molecule is CCCCCCOc1cnccc1-c1ccccc1OC(=O)CCC(C)CC. The number of carbonyl (C=O) groups excluding carboxylic acids is 1. The summed E-state index contributed by atoms with van der Waals surface area (Å²) in [4.78, 5) is 16.5. The summed E-state index contributed by atoms with van der Waals surface area (Å²) >= 11 is 0. The van der Waals surface area contributed by atoms with Crippen LogP contribution in [-0.2, 0) is 4.79 Å². The molecule has 0 spiro atoms. The van der Waals surface area contributed by atoms with Gasteiger partial charge in [0.2, 0.25) is 0 Å². The van der Waals surface area contributed by atoms with E-state index < -0.39 is 0 Å². The van der Waals surface area contributed by atoms with Gasteiger partial charge in [0.15, 0.2) is 0 Å². The second kappa shape index (κ2) is 12.2. The van der Waals surface area contributed by atoms with Gasteiger partial charge < -0.3 is 9.47 Å². The summed E-state index contributed by atoms with van der Waals surface area (Å²) in [6.07, 6.45) is 10.4. The normalized spacial score (nSPS) is 11.8. The Hall–Kier alpha value is -2.36. The van der Waals surface area contributed by atoms with Gasteiger partial charge in [-0.15, -0.1) is 0 Å². The van der Waals surface area contributed by atoms with Crippen LogP contribution in [0.4, 0.5) is 0 Å². The number of aromatic nitrogens is 1. The summed E-state index contributed by atoms with van der Waals surface area (Å²) in [5, 5.41) is 0. The maximum Gasteiger partial charge on any atom is 0.311 e. The van der Waals surface area contributed by atoms with Crippen molar-refractivity contribution in [1.82, 2.24) is 4.98 Å². The first kappa shape index (κ1) is 21.9. The molecule has 4 heteroatoms. The van der Waals surface area contributed by atoms with Gasteiger partial charge in [-0.25, -0.2) is 0 Å². The third-order valence-corrected chi connectivity index (χ3v) is 4.98. The Kier molecular flexibility index (Phi) is 9.53. The molecule has 1 unspecified atom stereocenters. The molecule has 2 rings (SSSR count). The molecule has 1 atom stereocenters. The number of esters is 1. The van der Waals surface area contributed by atoms with Gasteiger partial charge >= 0.3 is 5.97 Å². The van der Waals surface area contributed by atoms with Crippen LogP contribution in [0.25, 0.3) is 11.1 Å². The third-order valence-electron chi connectivity index (χ3n) is 4.98. The lowest BCUT2D eigenvalue weighted by atomic mass is 10.0. The number of unbranched alkanes of at least 4 members (excludes halogenated alkanes) is 3. The van der Waals surface area contributed by atoms with Crippen molar-refractivity contribution in [2.24, 2.45) is 5.92 Å². The first-order valence-corrected chi connectivity index (χ1v) is 10.5. The van der Waals surface area contributed by atoms with Crippen molar-refractivity contribution in [2.75, 3.05) is 6.61 Å². The topological polar surface area (TPSA) is 48.4 Å². The van der Waals surface area contributed by atoms with Crippen LogP contribution in [0.3, 0.4) is 0 Å². The Balaban J connectivity index is 2.10. The van der Waals surface area contributed by atoms with E-state index in [0.717, 1.165) is 42.6 Å². The largest absolute Gasteiger partial charge is 0.491 e. The van der Waals surface area contributed by atoms with E-state index in [1.807, 2.05) is 30.3 Å². The number of ether oxygens (including phenoxy) is 2. The first-order valence-electron chi connectivity index (χ1n) is 10.5. The molecule has 28 heavy (non-hydrogen) atoms. The van der Waals surface area contributed by atoms with Crippen molar-refractivity contribution in [3.8, 4) is 22.6 Å². The minimum absolute atomic E-state index is 0.191. The molecule has 1 aromatic heterocycles. The molecule has 0 aliphatic carbocycles. The van der Waals surface area contributed by atoms with E-state index in [1.165, 1.54) is 12.8 Å². The Bertz CT molecular complexity index is 729. The zero-order chi connectivity index (χ0) is 20.2. The number of carbonyl (C=O) groups is 1. The Morgan fingerprint density at radius 1 is 1.04 bits per heavy atom.